The Kier molecular flexibility index (Phi) is 5.83. The molecule has 0 spiro atoms. The minimum Gasteiger partial charge on any atom is -0.330 e. The second-order valence-electron chi connectivity index (χ2n) is 5.80. The minimum absolute atomic E-state index is 0.157. The summed E-state index contributed by atoms with van der Waals surface area (Å²) in [6.45, 7) is 0.881. The van der Waals surface area contributed by atoms with E-state index in [1.54, 1.807) is 47.9 Å². The van der Waals surface area contributed by atoms with Crippen LogP contribution in [0, 0.1) is 5.82 Å². The van der Waals surface area contributed by atoms with Gasteiger partial charge in [-0.25, -0.2) is 4.39 Å². The van der Waals surface area contributed by atoms with E-state index in [1.165, 1.54) is 18.2 Å². The normalized spacial score (nSPS) is 10.8. The zero-order valence-electron chi connectivity index (χ0n) is 14.1. The first kappa shape index (κ1) is 17.5. The van der Waals surface area contributed by atoms with Crippen molar-refractivity contribution in [2.45, 2.75) is 13.1 Å². The Bertz CT molecular complexity index is 841. The topological polar surface area (TPSA) is 46.1 Å². The molecule has 26 heavy (non-hydrogen) atoms. The van der Waals surface area contributed by atoms with Crippen LogP contribution >= 0.6 is 0 Å². The Balaban J connectivity index is 1.78. The van der Waals surface area contributed by atoms with Crippen LogP contribution in [-0.2, 0) is 17.9 Å². The van der Waals surface area contributed by atoms with Gasteiger partial charge in [-0.3, -0.25) is 14.8 Å². The molecule has 0 aliphatic carbocycles. The van der Waals surface area contributed by atoms with Crippen LogP contribution in [0.2, 0.25) is 0 Å². The number of benzene rings is 1. The van der Waals surface area contributed by atoms with Gasteiger partial charge in [0.05, 0.1) is 0 Å². The van der Waals surface area contributed by atoms with Gasteiger partial charge < -0.3 is 4.90 Å². The molecule has 0 aliphatic rings. The van der Waals surface area contributed by atoms with Crippen LogP contribution in [0.4, 0.5) is 4.39 Å². The first-order valence-electron chi connectivity index (χ1n) is 8.21. The molecule has 1 amide bonds. The molecule has 1 aromatic carbocycles. The molecule has 0 fully saturated rings. The van der Waals surface area contributed by atoms with Crippen molar-refractivity contribution in [2.24, 2.45) is 0 Å². The van der Waals surface area contributed by atoms with E-state index in [9.17, 15) is 9.18 Å². The van der Waals surface area contributed by atoms with Crippen molar-refractivity contribution in [1.82, 2.24) is 14.9 Å². The number of rotatable bonds is 6. The van der Waals surface area contributed by atoms with E-state index in [-0.39, 0.29) is 11.7 Å². The van der Waals surface area contributed by atoms with E-state index in [0.717, 1.165) is 11.1 Å². The largest absolute Gasteiger partial charge is 0.330 e. The van der Waals surface area contributed by atoms with Gasteiger partial charge in [0, 0.05) is 44.0 Å². The van der Waals surface area contributed by atoms with Gasteiger partial charge in [0.1, 0.15) is 5.82 Å². The smallest absolute Gasteiger partial charge is 0.247 e. The van der Waals surface area contributed by atoms with Crippen LogP contribution in [-0.4, -0.2) is 20.8 Å². The average Bonchev–Trinajstić information content (AvgIpc) is 2.67. The molecule has 0 saturated heterocycles. The summed E-state index contributed by atoms with van der Waals surface area (Å²) in [6, 6.07) is 13.6. The maximum atomic E-state index is 13.3. The van der Waals surface area contributed by atoms with Gasteiger partial charge in [0.2, 0.25) is 5.91 Å². The van der Waals surface area contributed by atoms with Crippen molar-refractivity contribution >= 4 is 12.0 Å². The fraction of sp³-hybridized carbons (Fsp3) is 0.0952. The number of halogens is 1. The summed E-state index contributed by atoms with van der Waals surface area (Å²) in [7, 11) is 0. The molecule has 0 unspecified atom stereocenters. The van der Waals surface area contributed by atoms with Crippen LogP contribution in [0.15, 0.2) is 79.4 Å². The second kappa shape index (κ2) is 8.67. The lowest BCUT2D eigenvalue weighted by Gasteiger charge is -2.21. The molecular weight excluding hydrogens is 329 g/mol. The van der Waals surface area contributed by atoms with Gasteiger partial charge in [0.25, 0.3) is 0 Å². The van der Waals surface area contributed by atoms with Crippen molar-refractivity contribution in [2.75, 3.05) is 0 Å². The number of carbonyl (C=O) groups is 1. The summed E-state index contributed by atoms with van der Waals surface area (Å²) in [4.78, 5) is 22.5. The number of amides is 1. The Hall–Kier alpha value is -3.34. The fourth-order valence-corrected chi connectivity index (χ4v) is 2.52. The third-order valence-corrected chi connectivity index (χ3v) is 3.80. The molecule has 0 aliphatic heterocycles. The SMILES string of the molecule is O=C(C=Cc1cccc(F)c1)N(Cc1ccncc1)Cc1cccnc1. The number of pyridine rings is 2. The number of hydrogen-bond donors (Lipinski definition) is 0. The molecule has 2 aromatic heterocycles. The van der Waals surface area contributed by atoms with E-state index < -0.39 is 0 Å². The van der Waals surface area contributed by atoms with Crippen LogP contribution in [0.5, 0.6) is 0 Å². The van der Waals surface area contributed by atoms with Crippen LogP contribution < -0.4 is 0 Å². The molecule has 130 valence electrons. The quantitative estimate of drug-likeness (QED) is 0.636. The Morgan fingerprint density at radius 3 is 2.50 bits per heavy atom. The lowest BCUT2D eigenvalue weighted by Crippen LogP contribution is -2.28. The number of nitrogens with zero attached hydrogens (tertiary/aromatic N) is 3. The van der Waals surface area contributed by atoms with Crippen molar-refractivity contribution in [3.8, 4) is 0 Å². The Morgan fingerprint density at radius 2 is 1.77 bits per heavy atom. The zero-order chi connectivity index (χ0) is 18.2. The van der Waals surface area contributed by atoms with Crippen LogP contribution in [0.25, 0.3) is 6.08 Å². The van der Waals surface area contributed by atoms with Crippen LogP contribution in [0.1, 0.15) is 16.7 Å². The molecule has 5 heteroatoms. The van der Waals surface area contributed by atoms with E-state index >= 15 is 0 Å². The van der Waals surface area contributed by atoms with Gasteiger partial charge in [0.15, 0.2) is 0 Å². The monoisotopic (exact) mass is 347 g/mol. The lowest BCUT2D eigenvalue weighted by molar-refractivity contribution is -0.127. The standard InChI is InChI=1S/C21H18FN3O/c22-20-5-1-3-17(13-20)6-7-21(26)25(15-18-8-11-23-12-9-18)16-19-4-2-10-24-14-19/h1-14H,15-16H2. The van der Waals surface area contributed by atoms with Crippen LogP contribution in [0.3, 0.4) is 0 Å². The maximum Gasteiger partial charge on any atom is 0.247 e. The number of hydrogen-bond acceptors (Lipinski definition) is 3. The molecule has 0 atom stereocenters. The van der Waals surface area contributed by atoms with Crippen molar-refractivity contribution < 1.29 is 9.18 Å². The third kappa shape index (κ3) is 5.08. The molecule has 3 aromatic rings. The highest BCUT2D eigenvalue weighted by Crippen LogP contribution is 2.11. The van der Waals surface area contributed by atoms with Crippen molar-refractivity contribution in [3.05, 3.63) is 102 Å². The van der Waals surface area contributed by atoms with E-state index in [2.05, 4.69) is 9.97 Å². The van der Waals surface area contributed by atoms with Crippen molar-refractivity contribution in [1.29, 1.82) is 0 Å². The molecular formula is C21H18FN3O. The first-order valence-corrected chi connectivity index (χ1v) is 8.21. The molecule has 0 bridgehead atoms. The van der Waals surface area contributed by atoms with E-state index in [1.807, 2.05) is 24.3 Å². The highest BCUT2D eigenvalue weighted by atomic mass is 19.1. The predicted octanol–water partition coefficient (Wildman–Crippen LogP) is 3.86. The molecule has 0 radical (unpaired) electrons. The summed E-state index contributed by atoms with van der Waals surface area (Å²) in [5.74, 6) is -0.487. The maximum absolute atomic E-state index is 13.3. The Morgan fingerprint density at radius 1 is 0.962 bits per heavy atom. The highest BCUT2D eigenvalue weighted by Gasteiger charge is 2.12. The summed E-state index contributed by atoms with van der Waals surface area (Å²) >= 11 is 0. The summed E-state index contributed by atoms with van der Waals surface area (Å²) in [5, 5.41) is 0. The molecule has 0 N–H and O–H groups in total. The van der Waals surface area contributed by atoms with Crippen molar-refractivity contribution in [3.63, 3.8) is 0 Å². The average molecular weight is 347 g/mol. The predicted molar refractivity (Wildman–Crippen MR) is 98.2 cm³/mol. The molecule has 4 nitrogen and oxygen atoms in total. The molecule has 3 rings (SSSR count). The first-order chi connectivity index (χ1) is 12.7. The summed E-state index contributed by atoms with van der Waals surface area (Å²) in [5.41, 5.74) is 2.56. The zero-order valence-corrected chi connectivity index (χ0v) is 14.1. The van der Waals surface area contributed by atoms with E-state index in [0.29, 0.717) is 18.7 Å². The highest BCUT2D eigenvalue weighted by molar-refractivity contribution is 5.91. The molecule has 2 heterocycles. The van der Waals surface area contributed by atoms with E-state index in [4.69, 9.17) is 0 Å². The number of carbonyl (C=O) groups excluding carboxylic acids is 1. The van der Waals surface area contributed by atoms with Gasteiger partial charge in [-0.2, -0.15) is 0 Å². The number of aromatic nitrogens is 2. The summed E-state index contributed by atoms with van der Waals surface area (Å²) in [6.07, 6.45) is 9.92. The minimum atomic E-state index is -0.330. The lowest BCUT2D eigenvalue weighted by atomic mass is 10.2. The Labute approximate surface area is 151 Å². The third-order valence-electron chi connectivity index (χ3n) is 3.80. The van der Waals surface area contributed by atoms with Gasteiger partial charge in [-0.1, -0.05) is 18.2 Å². The van der Waals surface area contributed by atoms with Gasteiger partial charge in [-0.05, 0) is 53.1 Å². The fourth-order valence-electron chi connectivity index (χ4n) is 2.52. The van der Waals surface area contributed by atoms with Gasteiger partial charge in [-0.15, -0.1) is 0 Å². The second-order valence-corrected chi connectivity index (χ2v) is 5.80. The molecule has 0 saturated carbocycles. The van der Waals surface area contributed by atoms with Gasteiger partial charge >= 0.3 is 0 Å². The summed E-state index contributed by atoms with van der Waals surface area (Å²) < 4.78 is 13.3.